The van der Waals surface area contributed by atoms with E-state index in [2.05, 4.69) is 6.92 Å². The van der Waals surface area contributed by atoms with Gasteiger partial charge in [-0.3, -0.25) is 0 Å². The van der Waals surface area contributed by atoms with Gasteiger partial charge in [0.05, 0.1) is 0 Å². The number of hydrogen-bond acceptors (Lipinski definition) is 2. The van der Waals surface area contributed by atoms with Gasteiger partial charge < -0.3 is 10.0 Å². The smallest absolute Gasteiger partial charge is 0.0431 e. The van der Waals surface area contributed by atoms with Gasteiger partial charge in [0.15, 0.2) is 0 Å². The highest BCUT2D eigenvalue weighted by Crippen LogP contribution is 2.13. The molecule has 0 aliphatic carbocycles. The molecular weight excluding hydrogens is 282 g/mol. The summed E-state index contributed by atoms with van der Waals surface area (Å²) < 4.78 is 0. The van der Waals surface area contributed by atoms with Gasteiger partial charge in [-0.1, -0.05) is 103 Å². The van der Waals surface area contributed by atoms with E-state index in [1.165, 1.54) is 96.3 Å². The quantitative estimate of drug-likeness (QED) is 0.330. The molecule has 0 aliphatic rings. The first-order valence-electron chi connectivity index (χ1n) is 10.4. The summed E-state index contributed by atoms with van der Waals surface area (Å²) in [5, 5.41) is 8.67. The lowest BCUT2D eigenvalue weighted by molar-refractivity contribution is 0.282. The van der Waals surface area contributed by atoms with Gasteiger partial charge in [0, 0.05) is 6.61 Å². The number of hydrogen-bond donors (Lipinski definition) is 1. The number of rotatable bonds is 16. The minimum Gasteiger partial charge on any atom is -0.396 e. The van der Waals surface area contributed by atoms with Crippen molar-refractivity contribution in [3.8, 4) is 0 Å². The SMILES string of the molecule is CCCCCCCCCCCCCCCCCCO.CN(C)C. The van der Waals surface area contributed by atoms with Crippen molar-refractivity contribution in [3.05, 3.63) is 0 Å². The molecule has 0 aliphatic heterocycles. The Morgan fingerprint density at radius 1 is 0.478 bits per heavy atom. The van der Waals surface area contributed by atoms with E-state index >= 15 is 0 Å². The molecule has 23 heavy (non-hydrogen) atoms. The number of unbranched alkanes of at least 4 members (excludes halogenated alkanes) is 15. The van der Waals surface area contributed by atoms with Gasteiger partial charge >= 0.3 is 0 Å². The molecular formula is C21H47NO. The first-order chi connectivity index (χ1) is 11.1. The zero-order valence-corrected chi connectivity index (χ0v) is 16.9. The van der Waals surface area contributed by atoms with Crippen LogP contribution in [0.5, 0.6) is 0 Å². The molecule has 142 valence electrons. The second-order valence-electron chi connectivity index (χ2n) is 7.37. The summed E-state index contributed by atoms with van der Waals surface area (Å²) in [6.45, 7) is 2.66. The zero-order chi connectivity index (χ0) is 17.6. The number of nitrogens with zero attached hydrogens (tertiary/aromatic N) is 1. The van der Waals surface area contributed by atoms with Crippen LogP contribution < -0.4 is 0 Å². The Bertz CT molecular complexity index is 164. The minimum absolute atomic E-state index is 0.373. The van der Waals surface area contributed by atoms with Gasteiger partial charge in [0.25, 0.3) is 0 Å². The summed E-state index contributed by atoms with van der Waals surface area (Å²) in [5.41, 5.74) is 0. The molecule has 0 amide bonds. The van der Waals surface area contributed by atoms with Crippen LogP contribution in [0.4, 0.5) is 0 Å². The van der Waals surface area contributed by atoms with E-state index in [-0.39, 0.29) is 0 Å². The molecule has 0 saturated heterocycles. The highest BCUT2D eigenvalue weighted by atomic mass is 16.2. The molecule has 0 unspecified atom stereocenters. The van der Waals surface area contributed by atoms with E-state index in [0.29, 0.717) is 6.61 Å². The van der Waals surface area contributed by atoms with Crippen LogP contribution >= 0.6 is 0 Å². The second kappa shape index (κ2) is 24.2. The zero-order valence-electron chi connectivity index (χ0n) is 16.9. The number of aliphatic hydroxyl groups excluding tert-OH is 1. The van der Waals surface area contributed by atoms with E-state index in [0.717, 1.165) is 6.42 Å². The maximum atomic E-state index is 8.67. The fourth-order valence-corrected chi connectivity index (χ4v) is 2.66. The van der Waals surface area contributed by atoms with E-state index in [9.17, 15) is 0 Å². The summed E-state index contributed by atoms with van der Waals surface area (Å²) in [4.78, 5) is 2.00. The standard InChI is InChI=1S/C18H38O.C3H9N/c1-2-3-4-5-6-7-8-9-10-11-12-13-14-15-16-17-18-19;1-4(2)3/h19H,2-18H2,1H3;1-3H3. The molecule has 0 radical (unpaired) electrons. The van der Waals surface area contributed by atoms with Crippen LogP contribution in [-0.4, -0.2) is 37.8 Å². The van der Waals surface area contributed by atoms with Crippen LogP contribution in [0.25, 0.3) is 0 Å². The van der Waals surface area contributed by atoms with E-state index in [1.54, 1.807) is 0 Å². The van der Waals surface area contributed by atoms with Gasteiger partial charge in [0.2, 0.25) is 0 Å². The Hall–Kier alpha value is -0.0800. The van der Waals surface area contributed by atoms with Gasteiger partial charge in [-0.15, -0.1) is 0 Å². The van der Waals surface area contributed by atoms with Crippen LogP contribution in [0.3, 0.4) is 0 Å². The molecule has 0 aromatic rings. The maximum Gasteiger partial charge on any atom is 0.0431 e. The van der Waals surface area contributed by atoms with Crippen LogP contribution in [0.1, 0.15) is 110 Å². The van der Waals surface area contributed by atoms with Crippen molar-refractivity contribution in [1.29, 1.82) is 0 Å². The van der Waals surface area contributed by atoms with E-state index < -0.39 is 0 Å². The lowest BCUT2D eigenvalue weighted by Crippen LogP contribution is -1.99. The Labute approximate surface area is 148 Å². The average molecular weight is 330 g/mol. The predicted molar refractivity (Wildman–Crippen MR) is 106 cm³/mol. The lowest BCUT2D eigenvalue weighted by atomic mass is 10.0. The van der Waals surface area contributed by atoms with Gasteiger partial charge in [-0.2, -0.15) is 0 Å². The fraction of sp³-hybridized carbons (Fsp3) is 1.00. The minimum atomic E-state index is 0.373. The summed E-state index contributed by atoms with van der Waals surface area (Å²) in [5.74, 6) is 0. The lowest BCUT2D eigenvalue weighted by Gasteiger charge is -2.03. The van der Waals surface area contributed by atoms with Crippen molar-refractivity contribution in [3.63, 3.8) is 0 Å². The fourth-order valence-electron chi connectivity index (χ4n) is 2.66. The summed E-state index contributed by atoms with van der Waals surface area (Å²) in [6.07, 6.45) is 22.2. The molecule has 2 nitrogen and oxygen atoms in total. The van der Waals surface area contributed by atoms with Crippen molar-refractivity contribution in [1.82, 2.24) is 4.90 Å². The maximum absolute atomic E-state index is 8.67. The molecule has 0 rings (SSSR count). The largest absolute Gasteiger partial charge is 0.396 e. The average Bonchev–Trinajstić information content (AvgIpc) is 2.50. The normalized spacial score (nSPS) is 10.7. The first kappa shape index (κ1) is 25.2. The Balaban J connectivity index is 0. The Morgan fingerprint density at radius 3 is 0.913 bits per heavy atom. The van der Waals surface area contributed by atoms with Crippen LogP contribution in [0.15, 0.2) is 0 Å². The van der Waals surface area contributed by atoms with Crippen molar-refractivity contribution >= 4 is 0 Å². The molecule has 0 aromatic carbocycles. The summed E-state index contributed by atoms with van der Waals surface area (Å²) >= 11 is 0. The van der Waals surface area contributed by atoms with E-state index in [4.69, 9.17) is 5.11 Å². The van der Waals surface area contributed by atoms with Crippen molar-refractivity contribution in [2.24, 2.45) is 0 Å². The molecule has 0 spiro atoms. The van der Waals surface area contributed by atoms with Gasteiger partial charge in [0.1, 0.15) is 0 Å². The first-order valence-corrected chi connectivity index (χ1v) is 10.4. The second-order valence-corrected chi connectivity index (χ2v) is 7.37. The third-order valence-corrected chi connectivity index (χ3v) is 4.01. The van der Waals surface area contributed by atoms with Gasteiger partial charge in [-0.05, 0) is 27.6 Å². The summed E-state index contributed by atoms with van der Waals surface area (Å²) in [6, 6.07) is 0. The van der Waals surface area contributed by atoms with Crippen molar-refractivity contribution in [2.75, 3.05) is 27.7 Å². The molecule has 0 atom stereocenters. The molecule has 0 aromatic heterocycles. The molecule has 2 heteroatoms. The molecule has 0 saturated carbocycles. The molecule has 0 fully saturated rings. The van der Waals surface area contributed by atoms with Gasteiger partial charge in [-0.25, -0.2) is 0 Å². The third kappa shape index (κ3) is 34.3. The van der Waals surface area contributed by atoms with E-state index in [1.807, 2.05) is 26.0 Å². The molecule has 0 bridgehead atoms. The van der Waals surface area contributed by atoms with Crippen LogP contribution in [0.2, 0.25) is 0 Å². The predicted octanol–water partition coefficient (Wildman–Crippen LogP) is 6.42. The Kier molecular flexibility index (Phi) is 26.5. The highest BCUT2D eigenvalue weighted by molar-refractivity contribution is 4.49. The monoisotopic (exact) mass is 329 g/mol. The number of aliphatic hydroxyl groups is 1. The Morgan fingerprint density at radius 2 is 0.696 bits per heavy atom. The molecule has 1 N–H and O–H groups in total. The summed E-state index contributed by atoms with van der Waals surface area (Å²) in [7, 11) is 6.00. The molecule has 0 heterocycles. The topological polar surface area (TPSA) is 23.5 Å². The highest BCUT2D eigenvalue weighted by Gasteiger charge is 1.94. The van der Waals surface area contributed by atoms with Crippen molar-refractivity contribution < 1.29 is 5.11 Å². The third-order valence-electron chi connectivity index (χ3n) is 4.01. The van der Waals surface area contributed by atoms with Crippen LogP contribution in [-0.2, 0) is 0 Å². The van der Waals surface area contributed by atoms with Crippen molar-refractivity contribution in [2.45, 2.75) is 110 Å². The van der Waals surface area contributed by atoms with Crippen LogP contribution in [0, 0.1) is 0 Å².